The minimum absolute atomic E-state index is 0.00796. The van der Waals surface area contributed by atoms with Crippen molar-refractivity contribution in [3.05, 3.63) is 24.3 Å². The summed E-state index contributed by atoms with van der Waals surface area (Å²) >= 11 is 0. The predicted molar refractivity (Wildman–Crippen MR) is 113 cm³/mol. The quantitative estimate of drug-likeness (QED) is 0.561. The highest BCUT2D eigenvalue weighted by Gasteiger charge is 2.32. The fourth-order valence-electron chi connectivity index (χ4n) is 2.22. The van der Waals surface area contributed by atoms with Gasteiger partial charge in [-0.15, -0.1) is 0 Å². The molecule has 0 aromatic heterocycles. The Balaban J connectivity index is 0.000000612. The maximum absolute atomic E-state index is 11.5. The molecule has 1 aliphatic heterocycles. The van der Waals surface area contributed by atoms with E-state index < -0.39 is 15.8 Å². The molecule has 0 aliphatic carbocycles. The molecule has 0 fully saturated rings. The lowest BCUT2D eigenvalue weighted by Gasteiger charge is -2.38. The number of carbonyl (C=O) groups is 1. The molecule has 1 aliphatic rings. The molecular weight excluding hydrogens is 400 g/mol. The predicted octanol–water partition coefficient (Wildman–Crippen LogP) is 0.233. The number of amides is 1. The molecule has 1 heterocycles. The van der Waals surface area contributed by atoms with Crippen molar-refractivity contribution in [3.63, 3.8) is 0 Å². The summed E-state index contributed by atoms with van der Waals surface area (Å²) in [5.41, 5.74) is 11.8. The first kappa shape index (κ1) is 24.2. The summed E-state index contributed by atoms with van der Waals surface area (Å²) in [6, 6.07) is 7.19. The van der Waals surface area contributed by atoms with Gasteiger partial charge in [0.2, 0.25) is 11.9 Å². The number of nitrogens with zero attached hydrogens (tertiary/aromatic N) is 4. The summed E-state index contributed by atoms with van der Waals surface area (Å²) in [6.07, 6.45) is 0. The molecule has 1 aromatic rings. The molecular formula is C17H28N6O5S. The number of rotatable bonds is 5. The van der Waals surface area contributed by atoms with Crippen LogP contribution in [0.1, 0.15) is 20.8 Å². The molecule has 12 heteroatoms. The van der Waals surface area contributed by atoms with Gasteiger partial charge in [-0.05, 0) is 45.0 Å². The molecule has 2 rings (SSSR count). The molecule has 0 spiro atoms. The lowest BCUT2D eigenvalue weighted by molar-refractivity contribution is -0.130. The van der Waals surface area contributed by atoms with Crippen molar-refractivity contribution in [1.29, 1.82) is 0 Å². The van der Waals surface area contributed by atoms with Crippen LogP contribution in [0.15, 0.2) is 34.3 Å². The normalized spacial score (nSPS) is 15.4. The van der Waals surface area contributed by atoms with Crippen LogP contribution in [-0.2, 0) is 14.9 Å². The summed E-state index contributed by atoms with van der Waals surface area (Å²) in [5, 5.41) is 0. The first-order chi connectivity index (χ1) is 13.3. The molecule has 11 nitrogen and oxygen atoms in total. The lowest BCUT2D eigenvalue weighted by atomic mass is 10.1. The zero-order valence-electron chi connectivity index (χ0n) is 17.2. The number of carbonyl (C=O) groups excluding carboxylic acids is 1. The third-order valence-electron chi connectivity index (χ3n) is 3.71. The third kappa shape index (κ3) is 7.58. The Bertz CT molecular complexity index is 878. The number of aliphatic imine (C=N–C) groups is 2. The second kappa shape index (κ2) is 9.56. The molecule has 29 heavy (non-hydrogen) atoms. The molecule has 0 unspecified atom stereocenters. The Labute approximate surface area is 170 Å². The van der Waals surface area contributed by atoms with E-state index in [9.17, 15) is 13.2 Å². The van der Waals surface area contributed by atoms with Gasteiger partial charge in [-0.1, -0.05) is 0 Å². The summed E-state index contributed by atoms with van der Waals surface area (Å²) in [7, 11) is -0.298. The maximum atomic E-state index is 11.5. The molecule has 1 aromatic carbocycles. The van der Waals surface area contributed by atoms with Crippen LogP contribution >= 0.6 is 0 Å². The van der Waals surface area contributed by atoms with Crippen LogP contribution in [0.3, 0.4) is 0 Å². The van der Waals surface area contributed by atoms with Crippen LogP contribution in [0.25, 0.3) is 0 Å². The van der Waals surface area contributed by atoms with E-state index in [0.717, 1.165) is 5.69 Å². The molecule has 162 valence electrons. The van der Waals surface area contributed by atoms with Gasteiger partial charge in [0.1, 0.15) is 11.4 Å². The van der Waals surface area contributed by atoms with E-state index in [-0.39, 0.29) is 30.2 Å². The topological polar surface area (TPSA) is 164 Å². The Morgan fingerprint density at radius 2 is 1.76 bits per heavy atom. The number of nitrogens with two attached hydrogens (primary N) is 2. The minimum Gasteiger partial charge on any atom is -0.484 e. The summed E-state index contributed by atoms with van der Waals surface area (Å²) in [4.78, 5) is 23.1. The van der Waals surface area contributed by atoms with Gasteiger partial charge in [-0.3, -0.25) is 14.2 Å². The van der Waals surface area contributed by atoms with E-state index in [1.807, 2.05) is 26.0 Å². The summed E-state index contributed by atoms with van der Waals surface area (Å²) in [5.74, 6) is 0.724. The summed E-state index contributed by atoms with van der Waals surface area (Å²) in [6.45, 7) is 5.14. The highest BCUT2D eigenvalue weighted by atomic mass is 32.2. The van der Waals surface area contributed by atoms with Crippen molar-refractivity contribution in [3.8, 4) is 5.75 Å². The lowest BCUT2D eigenvalue weighted by Crippen LogP contribution is -2.54. The van der Waals surface area contributed by atoms with Crippen LogP contribution in [0, 0.1) is 0 Å². The first-order valence-electron chi connectivity index (χ1n) is 8.64. The Hall–Kier alpha value is -2.86. The van der Waals surface area contributed by atoms with Crippen molar-refractivity contribution < 1.29 is 22.5 Å². The van der Waals surface area contributed by atoms with E-state index in [4.69, 9.17) is 20.8 Å². The van der Waals surface area contributed by atoms with Crippen LogP contribution in [0.2, 0.25) is 0 Å². The van der Waals surface area contributed by atoms with Gasteiger partial charge in [-0.25, -0.2) is 4.99 Å². The number of hydrogen-bond acceptors (Lipinski definition) is 9. The molecule has 0 atom stereocenters. The number of hydrogen-bond donors (Lipinski definition) is 3. The Morgan fingerprint density at radius 1 is 1.24 bits per heavy atom. The fourth-order valence-corrected chi connectivity index (χ4v) is 2.22. The molecule has 5 N–H and O–H groups in total. The van der Waals surface area contributed by atoms with E-state index in [1.54, 1.807) is 31.1 Å². The third-order valence-corrected chi connectivity index (χ3v) is 4.44. The SMILES string of the molecule is CCS(=O)(=O)O.CN(C)C(=O)COc1ccc(N2C(N)=NC(N)=NC2(C)C)cc1. The van der Waals surface area contributed by atoms with Crippen molar-refractivity contribution >= 4 is 33.6 Å². The molecule has 0 saturated heterocycles. The second-order valence-electron chi connectivity index (χ2n) is 6.71. The number of ether oxygens (including phenoxy) is 1. The second-order valence-corrected chi connectivity index (χ2v) is 8.45. The fraction of sp³-hybridized carbons (Fsp3) is 0.471. The van der Waals surface area contributed by atoms with Crippen LogP contribution in [0.4, 0.5) is 5.69 Å². The van der Waals surface area contributed by atoms with Crippen LogP contribution < -0.4 is 21.1 Å². The van der Waals surface area contributed by atoms with E-state index in [0.29, 0.717) is 5.75 Å². The van der Waals surface area contributed by atoms with Gasteiger partial charge in [0.15, 0.2) is 6.61 Å². The van der Waals surface area contributed by atoms with Gasteiger partial charge in [0.25, 0.3) is 16.0 Å². The number of benzene rings is 1. The highest BCUT2D eigenvalue weighted by Crippen LogP contribution is 2.28. The number of anilines is 1. The average Bonchev–Trinajstić information content (AvgIpc) is 2.59. The monoisotopic (exact) mass is 428 g/mol. The van der Waals surface area contributed by atoms with E-state index in [1.165, 1.54) is 11.8 Å². The Kier molecular flexibility index (Phi) is 7.97. The molecule has 0 saturated carbocycles. The van der Waals surface area contributed by atoms with Gasteiger partial charge in [-0.2, -0.15) is 13.4 Å². The van der Waals surface area contributed by atoms with Crippen molar-refractivity contribution in [2.75, 3.05) is 31.4 Å². The zero-order chi connectivity index (χ0) is 22.4. The molecule has 1 amide bonds. The number of guanidine groups is 2. The van der Waals surface area contributed by atoms with Crippen molar-refractivity contribution in [1.82, 2.24) is 4.90 Å². The largest absolute Gasteiger partial charge is 0.484 e. The Morgan fingerprint density at radius 3 is 2.17 bits per heavy atom. The van der Waals surface area contributed by atoms with Crippen molar-refractivity contribution in [2.24, 2.45) is 21.5 Å². The van der Waals surface area contributed by atoms with E-state index in [2.05, 4.69) is 9.98 Å². The minimum atomic E-state index is -3.66. The van der Waals surface area contributed by atoms with Gasteiger partial charge in [0, 0.05) is 19.8 Å². The van der Waals surface area contributed by atoms with Crippen LogP contribution in [0.5, 0.6) is 5.75 Å². The molecule has 0 bridgehead atoms. The van der Waals surface area contributed by atoms with Crippen molar-refractivity contribution in [2.45, 2.75) is 26.4 Å². The standard InChI is InChI=1S/C15H22N6O2.C2H6O3S/c1-15(2)19-13(16)18-14(17)21(15)10-5-7-11(8-6-10)23-9-12(22)20(3)4;1-2-6(3,4)5/h5-8H,9H2,1-4H3,(H4,16,17,18,19);2H2,1H3,(H,3,4,5). The van der Waals surface area contributed by atoms with Gasteiger partial charge in [0.05, 0.1) is 5.75 Å². The van der Waals surface area contributed by atoms with Crippen LogP contribution in [-0.4, -0.2) is 67.8 Å². The first-order valence-corrected chi connectivity index (χ1v) is 10.3. The highest BCUT2D eigenvalue weighted by molar-refractivity contribution is 7.85. The molecule has 0 radical (unpaired) electrons. The summed E-state index contributed by atoms with van der Waals surface area (Å²) < 4.78 is 32.4. The smallest absolute Gasteiger partial charge is 0.264 e. The van der Waals surface area contributed by atoms with Gasteiger partial charge < -0.3 is 21.1 Å². The van der Waals surface area contributed by atoms with Gasteiger partial charge >= 0.3 is 0 Å². The number of likely N-dealkylation sites (N-methyl/N-ethyl adjacent to an activating group) is 1. The average molecular weight is 429 g/mol. The van der Waals surface area contributed by atoms with E-state index >= 15 is 0 Å². The maximum Gasteiger partial charge on any atom is 0.264 e. The zero-order valence-corrected chi connectivity index (χ0v) is 18.0.